The van der Waals surface area contributed by atoms with Crippen molar-refractivity contribution in [2.75, 3.05) is 6.61 Å². The van der Waals surface area contributed by atoms with Gasteiger partial charge in [0, 0.05) is 6.42 Å². The third-order valence-electron chi connectivity index (χ3n) is 2.64. The summed E-state index contributed by atoms with van der Waals surface area (Å²) in [5.41, 5.74) is 7.28. The maximum atomic E-state index is 11.4. The molecule has 18 heavy (non-hydrogen) atoms. The fourth-order valence-corrected chi connectivity index (χ4v) is 1.91. The molecule has 100 valence electrons. The highest BCUT2D eigenvalue weighted by Gasteiger charge is 2.18. The van der Waals surface area contributed by atoms with Gasteiger partial charge in [-0.3, -0.25) is 4.79 Å². The third kappa shape index (κ3) is 3.62. The van der Waals surface area contributed by atoms with E-state index in [0.29, 0.717) is 5.56 Å². The second kappa shape index (κ2) is 6.61. The van der Waals surface area contributed by atoms with Crippen molar-refractivity contribution in [3.05, 3.63) is 28.3 Å². The summed E-state index contributed by atoms with van der Waals surface area (Å²) in [7, 11) is 0. The van der Waals surface area contributed by atoms with Crippen LogP contribution in [0.5, 0.6) is 5.75 Å². The van der Waals surface area contributed by atoms with Gasteiger partial charge in [0.05, 0.1) is 11.6 Å². The van der Waals surface area contributed by atoms with E-state index in [1.165, 1.54) is 0 Å². The minimum absolute atomic E-state index is 0.0198. The zero-order valence-electron chi connectivity index (χ0n) is 10.6. The molecule has 5 heteroatoms. The van der Waals surface area contributed by atoms with Gasteiger partial charge in [-0.05, 0) is 30.5 Å². The second-order valence-electron chi connectivity index (χ2n) is 4.00. The summed E-state index contributed by atoms with van der Waals surface area (Å²) in [6.45, 7) is 3.99. The molecule has 1 aromatic rings. The molecule has 1 rings (SSSR count). The van der Waals surface area contributed by atoms with Crippen molar-refractivity contribution in [1.29, 1.82) is 0 Å². The quantitative estimate of drug-likeness (QED) is 0.804. The first-order chi connectivity index (χ1) is 8.49. The smallest absolute Gasteiger partial charge is 0.323 e. The molecular formula is C13H18ClNO3. The molecular weight excluding hydrogens is 254 g/mol. The maximum Gasteiger partial charge on any atom is 0.323 e. The topological polar surface area (TPSA) is 72.5 Å². The number of hydrogen-bond acceptors (Lipinski definition) is 4. The predicted octanol–water partition coefficient (Wildman–Crippen LogP) is 2.04. The van der Waals surface area contributed by atoms with Crippen LogP contribution in [0.25, 0.3) is 0 Å². The lowest BCUT2D eigenvalue weighted by Gasteiger charge is -2.13. The maximum absolute atomic E-state index is 11.4. The molecule has 0 bridgehead atoms. The SMILES string of the molecule is CCOC(=O)C(N)Cc1cc(CC)cc(Cl)c1O. The summed E-state index contributed by atoms with van der Waals surface area (Å²) in [6.07, 6.45) is 1.000. The number of aromatic hydroxyl groups is 1. The molecule has 0 aliphatic heterocycles. The first kappa shape index (κ1) is 14.8. The Morgan fingerprint density at radius 1 is 1.50 bits per heavy atom. The van der Waals surface area contributed by atoms with Gasteiger partial charge in [-0.25, -0.2) is 0 Å². The molecule has 1 atom stereocenters. The summed E-state index contributed by atoms with van der Waals surface area (Å²) in [4.78, 5) is 11.4. The average molecular weight is 272 g/mol. The minimum Gasteiger partial charge on any atom is -0.506 e. The summed E-state index contributed by atoms with van der Waals surface area (Å²) in [5, 5.41) is 10.1. The molecule has 0 aliphatic carbocycles. The lowest BCUT2D eigenvalue weighted by atomic mass is 10.0. The Morgan fingerprint density at radius 3 is 2.72 bits per heavy atom. The van der Waals surface area contributed by atoms with E-state index in [1.54, 1.807) is 19.1 Å². The Kier molecular flexibility index (Phi) is 5.44. The van der Waals surface area contributed by atoms with Gasteiger partial charge in [0.15, 0.2) is 0 Å². The van der Waals surface area contributed by atoms with E-state index in [-0.39, 0.29) is 23.8 Å². The molecule has 0 spiro atoms. The number of carbonyl (C=O) groups excluding carboxylic acids is 1. The van der Waals surface area contributed by atoms with Crippen molar-refractivity contribution >= 4 is 17.6 Å². The molecule has 4 nitrogen and oxygen atoms in total. The normalized spacial score (nSPS) is 12.2. The lowest BCUT2D eigenvalue weighted by Crippen LogP contribution is -2.34. The van der Waals surface area contributed by atoms with Crippen molar-refractivity contribution in [2.24, 2.45) is 5.73 Å². The second-order valence-corrected chi connectivity index (χ2v) is 4.41. The first-order valence-electron chi connectivity index (χ1n) is 5.92. The number of hydrogen-bond donors (Lipinski definition) is 2. The van der Waals surface area contributed by atoms with Gasteiger partial charge >= 0.3 is 5.97 Å². The molecule has 0 heterocycles. The van der Waals surface area contributed by atoms with E-state index in [4.69, 9.17) is 22.1 Å². The Labute approximate surface area is 112 Å². The summed E-state index contributed by atoms with van der Waals surface area (Å²) >= 11 is 5.91. The number of ether oxygens (including phenoxy) is 1. The Balaban J connectivity index is 2.89. The van der Waals surface area contributed by atoms with Gasteiger partial charge in [0.2, 0.25) is 0 Å². The van der Waals surface area contributed by atoms with Gasteiger partial charge in [0.25, 0.3) is 0 Å². The van der Waals surface area contributed by atoms with E-state index in [0.717, 1.165) is 12.0 Å². The summed E-state index contributed by atoms with van der Waals surface area (Å²) < 4.78 is 4.82. The lowest BCUT2D eigenvalue weighted by molar-refractivity contribution is -0.144. The van der Waals surface area contributed by atoms with Crippen LogP contribution in [-0.2, 0) is 22.4 Å². The van der Waals surface area contributed by atoms with Crippen molar-refractivity contribution < 1.29 is 14.6 Å². The molecule has 1 aromatic carbocycles. The number of phenolic OH excluding ortho intramolecular Hbond substituents is 1. The monoisotopic (exact) mass is 271 g/mol. The molecule has 0 radical (unpaired) electrons. The molecule has 0 saturated heterocycles. The number of carbonyl (C=O) groups is 1. The number of benzene rings is 1. The van der Waals surface area contributed by atoms with Crippen molar-refractivity contribution in [2.45, 2.75) is 32.7 Å². The van der Waals surface area contributed by atoms with Crippen molar-refractivity contribution in [3.8, 4) is 5.75 Å². The third-order valence-corrected chi connectivity index (χ3v) is 2.93. The number of rotatable bonds is 5. The van der Waals surface area contributed by atoms with Crippen LogP contribution in [-0.4, -0.2) is 23.7 Å². The van der Waals surface area contributed by atoms with Crippen LogP contribution in [0.3, 0.4) is 0 Å². The number of aryl methyl sites for hydroxylation is 1. The Hall–Kier alpha value is -1.26. The standard InChI is InChI=1S/C13H18ClNO3/c1-3-8-5-9(12(16)10(14)6-8)7-11(15)13(17)18-4-2/h5-6,11,16H,3-4,7,15H2,1-2H3. The van der Waals surface area contributed by atoms with Gasteiger partial charge in [-0.1, -0.05) is 24.6 Å². The van der Waals surface area contributed by atoms with E-state index >= 15 is 0 Å². The predicted molar refractivity (Wildman–Crippen MR) is 70.8 cm³/mol. The zero-order chi connectivity index (χ0) is 13.7. The van der Waals surface area contributed by atoms with E-state index < -0.39 is 12.0 Å². The number of halogens is 1. The highest BCUT2D eigenvalue weighted by Crippen LogP contribution is 2.30. The number of nitrogens with two attached hydrogens (primary N) is 1. The van der Waals surface area contributed by atoms with Gasteiger partial charge in [0.1, 0.15) is 11.8 Å². The molecule has 0 aromatic heterocycles. The highest BCUT2D eigenvalue weighted by molar-refractivity contribution is 6.32. The summed E-state index contributed by atoms with van der Waals surface area (Å²) in [5.74, 6) is -0.497. The Bertz CT molecular complexity index is 434. The van der Waals surface area contributed by atoms with Gasteiger partial charge < -0.3 is 15.6 Å². The molecule has 0 saturated carbocycles. The molecule has 0 amide bonds. The summed E-state index contributed by atoms with van der Waals surface area (Å²) in [6, 6.07) is 2.72. The van der Waals surface area contributed by atoms with Crippen LogP contribution < -0.4 is 5.73 Å². The van der Waals surface area contributed by atoms with E-state index in [9.17, 15) is 9.90 Å². The molecule has 0 fully saturated rings. The molecule has 3 N–H and O–H groups in total. The van der Waals surface area contributed by atoms with Crippen molar-refractivity contribution in [1.82, 2.24) is 0 Å². The fourth-order valence-electron chi connectivity index (χ4n) is 1.65. The van der Waals surface area contributed by atoms with Crippen LogP contribution in [0.2, 0.25) is 5.02 Å². The fraction of sp³-hybridized carbons (Fsp3) is 0.462. The van der Waals surface area contributed by atoms with Gasteiger partial charge in [-0.15, -0.1) is 0 Å². The van der Waals surface area contributed by atoms with E-state index in [2.05, 4.69) is 0 Å². The minimum atomic E-state index is -0.793. The number of phenols is 1. The average Bonchev–Trinajstić information content (AvgIpc) is 2.34. The highest BCUT2D eigenvalue weighted by atomic mass is 35.5. The molecule has 0 aliphatic rings. The first-order valence-corrected chi connectivity index (χ1v) is 6.29. The van der Waals surface area contributed by atoms with E-state index in [1.807, 2.05) is 6.92 Å². The van der Waals surface area contributed by atoms with Crippen molar-refractivity contribution in [3.63, 3.8) is 0 Å². The van der Waals surface area contributed by atoms with Crippen LogP contribution in [0.1, 0.15) is 25.0 Å². The van der Waals surface area contributed by atoms with Gasteiger partial charge in [-0.2, -0.15) is 0 Å². The van der Waals surface area contributed by atoms with Crippen LogP contribution in [0.15, 0.2) is 12.1 Å². The molecule has 1 unspecified atom stereocenters. The zero-order valence-corrected chi connectivity index (χ0v) is 11.3. The Morgan fingerprint density at radius 2 is 2.17 bits per heavy atom. The van der Waals surface area contributed by atoms with Crippen LogP contribution in [0.4, 0.5) is 0 Å². The number of esters is 1. The largest absolute Gasteiger partial charge is 0.506 e. The van der Waals surface area contributed by atoms with Crippen LogP contribution in [0, 0.1) is 0 Å². The van der Waals surface area contributed by atoms with Crippen LogP contribution >= 0.6 is 11.6 Å².